The van der Waals surface area contributed by atoms with Gasteiger partial charge < -0.3 is 14.1 Å². The van der Waals surface area contributed by atoms with E-state index in [4.69, 9.17) is 9.15 Å². The number of benzene rings is 1. The summed E-state index contributed by atoms with van der Waals surface area (Å²) in [7, 11) is 0. The summed E-state index contributed by atoms with van der Waals surface area (Å²) in [6.07, 6.45) is 4.50. The largest absolute Gasteiger partial charge is 0.493 e. The van der Waals surface area contributed by atoms with Crippen molar-refractivity contribution in [3.63, 3.8) is 0 Å². The van der Waals surface area contributed by atoms with E-state index in [1.807, 2.05) is 54.3 Å². The summed E-state index contributed by atoms with van der Waals surface area (Å²) in [5, 5.41) is 0. The zero-order valence-electron chi connectivity index (χ0n) is 16.7. The Bertz CT molecular complexity index is 769. The predicted molar refractivity (Wildman–Crippen MR) is 108 cm³/mol. The maximum absolute atomic E-state index is 13.0. The molecule has 2 aromatic rings. The quantitative estimate of drug-likeness (QED) is 0.695. The van der Waals surface area contributed by atoms with Crippen LogP contribution >= 0.6 is 0 Å². The van der Waals surface area contributed by atoms with Crippen LogP contribution in [0.25, 0.3) is 0 Å². The van der Waals surface area contributed by atoms with Crippen LogP contribution in [0.5, 0.6) is 5.75 Å². The van der Waals surface area contributed by atoms with Gasteiger partial charge in [-0.3, -0.25) is 9.69 Å². The molecule has 1 unspecified atom stereocenters. The molecule has 1 aromatic heterocycles. The summed E-state index contributed by atoms with van der Waals surface area (Å²) in [6.45, 7) is 5.66. The molecule has 5 heteroatoms. The van der Waals surface area contributed by atoms with Crippen LogP contribution in [0.2, 0.25) is 0 Å². The van der Waals surface area contributed by atoms with Crippen LogP contribution in [0.3, 0.4) is 0 Å². The average molecular weight is 383 g/mol. The molecule has 150 valence electrons. The van der Waals surface area contributed by atoms with Gasteiger partial charge in [0.05, 0.1) is 19.7 Å². The first-order chi connectivity index (χ1) is 13.7. The standard InChI is InChI=1S/C23H30N2O3/c1-18-9-12-22(28-18)15-25(20-10-11-20)23(26)16-24-13-5-6-19(14-24)17-27-21-7-3-2-4-8-21/h2-4,7-9,12,19-20H,5-6,10-11,13-17H2,1H3. The zero-order valence-corrected chi connectivity index (χ0v) is 16.7. The lowest BCUT2D eigenvalue weighted by atomic mass is 9.99. The van der Waals surface area contributed by atoms with Crippen molar-refractivity contribution in [3.8, 4) is 5.75 Å². The van der Waals surface area contributed by atoms with Gasteiger partial charge in [-0.05, 0) is 63.4 Å². The number of para-hydroxylation sites is 1. The molecule has 2 fully saturated rings. The van der Waals surface area contributed by atoms with E-state index in [0.717, 1.165) is 56.0 Å². The number of hydrogen-bond donors (Lipinski definition) is 0. The van der Waals surface area contributed by atoms with Gasteiger partial charge in [-0.25, -0.2) is 0 Å². The summed E-state index contributed by atoms with van der Waals surface area (Å²) in [4.78, 5) is 17.3. The van der Waals surface area contributed by atoms with Crippen molar-refractivity contribution in [2.75, 3.05) is 26.2 Å². The Morgan fingerprint density at radius 2 is 2.00 bits per heavy atom. The molecule has 1 amide bonds. The number of carbonyl (C=O) groups is 1. The molecule has 1 aliphatic heterocycles. The SMILES string of the molecule is Cc1ccc(CN(C(=O)CN2CCCC(COc3ccccc3)C2)C2CC2)o1. The molecular formula is C23H30N2O3. The molecule has 4 rings (SSSR count). The maximum atomic E-state index is 13.0. The Labute approximate surface area is 167 Å². The van der Waals surface area contributed by atoms with E-state index in [0.29, 0.717) is 31.7 Å². The minimum atomic E-state index is 0.223. The molecule has 5 nitrogen and oxygen atoms in total. The van der Waals surface area contributed by atoms with Gasteiger partial charge in [-0.15, -0.1) is 0 Å². The van der Waals surface area contributed by atoms with Crippen LogP contribution in [-0.4, -0.2) is 48.0 Å². The summed E-state index contributed by atoms with van der Waals surface area (Å²) in [5.41, 5.74) is 0. The highest BCUT2D eigenvalue weighted by Crippen LogP contribution is 2.29. The van der Waals surface area contributed by atoms with E-state index in [9.17, 15) is 4.79 Å². The third-order valence-corrected chi connectivity index (χ3v) is 5.62. The lowest BCUT2D eigenvalue weighted by Gasteiger charge is -2.33. The second-order valence-electron chi connectivity index (χ2n) is 8.13. The van der Waals surface area contributed by atoms with Crippen molar-refractivity contribution < 1.29 is 13.9 Å². The third kappa shape index (κ3) is 5.16. The molecular weight excluding hydrogens is 352 g/mol. The zero-order chi connectivity index (χ0) is 19.3. The molecule has 1 aromatic carbocycles. The monoisotopic (exact) mass is 382 g/mol. The van der Waals surface area contributed by atoms with Gasteiger partial charge in [-0.2, -0.15) is 0 Å². The fourth-order valence-electron chi connectivity index (χ4n) is 3.99. The highest BCUT2D eigenvalue weighted by atomic mass is 16.5. The van der Waals surface area contributed by atoms with Crippen molar-refractivity contribution in [2.45, 2.75) is 45.2 Å². The van der Waals surface area contributed by atoms with E-state index in [-0.39, 0.29) is 5.91 Å². The van der Waals surface area contributed by atoms with Gasteiger partial charge in [0, 0.05) is 18.5 Å². The second kappa shape index (κ2) is 8.82. The second-order valence-corrected chi connectivity index (χ2v) is 8.13. The Morgan fingerprint density at radius 1 is 1.18 bits per heavy atom. The van der Waals surface area contributed by atoms with Crippen molar-refractivity contribution in [1.82, 2.24) is 9.80 Å². The first-order valence-corrected chi connectivity index (χ1v) is 10.4. The normalized spacial score (nSPS) is 20.1. The summed E-state index contributed by atoms with van der Waals surface area (Å²) in [5.74, 6) is 3.40. The van der Waals surface area contributed by atoms with Gasteiger partial charge in [0.15, 0.2) is 0 Å². The van der Waals surface area contributed by atoms with E-state index < -0.39 is 0 Å². The first-order valence-electron chi connectivity index (χ1n) is 10.4. The maximum Gasteiger partial charge on any atom is 0.237 e. The predicted octanol–water partition coefficient (Wildman–Crippen LogP) is 3.87. The minimum absolute atomic E-state index is 0.223. The number of aryl methyl sites for hydroxylation is 1. The number of nitrogens with zero attached hydrogens (tertiary/aromatic N) is 2. The number of piperidine rings is 1. The molecule has 28 heavy (non-hydrogen) atoms. The number of likely N-dealkylation sites (tertiary alicyclic amines) is 1. The van der Waals surface area contributed by atoms with Crippen LogP contribution in [-0.2, 0) is 11.3 Å². The Balaban J connectivity index is 1.29. The topological polar surface area (TPSA) is 45.9 Å². The fourth-order valence-corrected chi connectivity index (χ4v) is 3.99. The fraction of sp³-hybridized carbons (Fsp3) is 0.522. The smallest absolute Gasteiger partial charge is 0.237 e. The number of hydrogen-bond acceptors (Lipinski definition) is 4. The highest BCUT2D eigenvalue weighted by Gasteiger charge is 2.34. The van der Waals surface area contributed by atoms with Crippen LogP contribution in [0.1, 0.15) is 37.2 Å². The van der Waals surface area contributed by atoms with Crippen molar-refractivity contribution in [1.29, 1.82) is 0 Å². The van der Waals surface area contributed by atoms with Gasteiger partial charge in [-0.1, -0.05) is 18.2 Å². The average Bonchev–Trinajstić information content (AvgIpc) is 3.47. The number of amides is 1. The molecule has 1 atom stereocenters. The van der Waals surface area contributed by atoms with Crippen LogP contribution in [0, 0.1) is 12.8 Å². The Kier molecular flexibility index (Phi) is 6.01. The lowest BCUT2D eigenvalue weighted by molar-refractivity contribution is -0.134. The molecule has 2 aliphatic rings. The highest BCUT2D eigenvalue weighted by molar-refractivity contribution is 5.79. The molecule has 1 saturated carbocycles. The molecule has 0 radical (unpaired) electrons. The van der Waals surface area contributed by atoms with Crippen LogP contribution in [0.15, 0.2) is 46.9 Å². The van der Waals surface area contributed by atoms with Gasteiger partial charge in [0.25, 0.3) is 0 Å². The third-order valence-electron chi connectivity index (χ3n) is 5.62. The molecule has 0 bridgehead atoms. The lowest BCUT2D eigenvalue weighted by Crippen LogP contribution is -2.45. The number of ether oxygens (including phenoxy) is 1. The summed E-state index contributed by atoms with van der Waals surface area (Å²) < 4.78 is 11.6. The van der Waals surface area contributed by atoms with Gasteiger partial charge in [0.1, 0.15) is 17.3 Å². The van der Waals surface area contributed by atoms with E-state index in [1.165, 1.54) is 0 Å². The van der Waals surface area contributed by atoms with Crippen molar-refractivity contribution in [2.24, 2.45) is 5.92 Å². The molecule has 0 N–H and O–H groups in total. The minimum Gasteiger partial charge on any atom is -0.493 e. The number of carbonyl (C=O) groups excluding carboxylic acids is 1. The van der Waals surface area contributed by atoms with Crippen molar-refractivity contribution in [3.05, 3.63) is 54.0 Å². The molecule has 1 saturated heterocycles. The van der Waals surface area contributed by atoms with Crippen LogP contribution in [0.4, 0.5) is 0 Å². The van der Waals surface area contributed by atoms with Crippen LogP contribution < -0.4 is 4.74 Å². The molecule has 0 spiro atoms. The Morgan fingerprint density at radius 3 is 2.71 bits per heavy atom. The number of rotatable bonds is 8. The van der Waals surface area contributed by atoms with E-state index >= 15 is 0 Å². The van der Waals surface area contributed by atoms with Gasteiger partial charge >= 0.3 is 0 Å². The van der Waals surface area contributed by atoms with Gasteiger partial charge in [0.2, 0.25) is 5.91 Å². The van der Waals surface area contributed by atoms with E-state index in [2.05, 4.69) is 4.90 Å². The number of furan rings is 1. The molecule has 1 aliphatic carbocycles. The first kappa shape index (κ1) is 19.1. The van der Waals surface area contributed by atoms with E-state index in [1.54, 1.807) is 0 Å². The van der Waals surface area contributed by atoms with Crippen molar-refractivity contribution >= 4 is 5.91 Å². The summed E-state index contributed by atoms with van der Waals surface area (Å²) >= 11 is 0. The summed E-state index contributed by atoms with van der Waals surface area (Å²) in [6, 6.07) is 14.3. The Hall–Kier alpha value is -2.27. The molecule has 2 heterocycles.